The van der Waals surface area contributed by atoms with Crippen molar-refractivity contribution in [3.63, 3.8) is 0 Å². The van der Waals surface area contributed by atoms with Crippen LogP contribution in [0.3, 0.4) is 0 Å². The number of aryl methyl sites for hydroxylation is 1. The third kappa shape index (κ3) is 4.35. The zero-order chi connectivity index (χ0) is 15.4. The number of hydrogen-bond acceptors (Lipinski definition) is 2. The predicted molar refractivity (Wildman–Crippen MR) is 83.3 cm³/mol. The number of benzene rings is 1. The molecule has 1 saturated heterocycles. The van der Waals surface area contributed by atoms with Gasteiger partial charge in [0.2, 0.25) is 11.8 Å². The van der Waals surface area contributed by atoms with E-state index in [0.717, 1.165) is 18.4 Å². The lowest BCUT2D eigenvalue weighted by molar-refractivity contribution is -0.134. The molecule has 1 atom stereocenters. The van der Waals surface area contributed by atoms with Gasteiger partial charge in [0, 0.05) is 19.5 Å². The van der Waals surface area contributed by atoms with Crippen LogP contribution in [0.4, 0.5) is 0 Å². The van der Waals surface area contributed by atoms with Crippen molar-refractivity contribution in [3.8, 4) is 0 Å². The Kier molecular flexibility index (Phi) is 5.48. The SMILES string of the molecule is NC(=O)C1CCCN(C(=O)CCc2ccc(Cl)c(Cl)c2)C1. The Morgan fingerprint density at radius 3 is 2.71 bits per heavy atom. The second-order valence-corrected chi connectivity index (χ2v) is 6.14. The highest BCUT2D eigenvalue weighted by Crippen LogP contribution is 2.23. The summed E-state index contributed by atoms with van der Waals surface area (Å²) in [6, 6.07) is 5.37. The zero-order valence-corrected chi connectivity index (χ0v) is 13.2. The maximum atomic E-state index is 12.2. The molecule has 1 heterocycles. The van der Waals surface area contributed by atoms with Crippen LogP contribution in [0.2, 0.25) is 10.0 Å². The Morgan fingerprint density at radius 1 is 1.29 bits per heavy atom. The van der Waals surface area contributed by atoms with Crippen molar-refractivity contribution in [3.05, 3.63) is 33.8 Å². The van der Waals surface area contributed by atoms with Crippen molar-refractivity contribution in [1.29, 1.82) is 0 Å². The topological polar surface area (TPSA) is 63.4 Å². The van der Waals surface area contributed by atoms with E-state index in [9.17, 15) is 9.59 Å². The molecule has 2 N–H and O–H groups in total. The number of carbonyl (C=O) groups excluding carboxylic acids is 2. The summed E-state index contributed by atoms with van der Waals surface area (Å²) in [5, 5.41) is 1.00. The minimum absolute atomic E-state index is 0.0482. The fraction of sp³-hybridized carbons (Fsp3) is 0.467. The molecule has 6 heteroatoms. The number of rotatable bonds is 4. The largest absolute Gasteiger partial charge is 0.369 e. The number of nitrogens with zero attached hydrogens (tertiary/aromatic N) is 1. The molecule has 1 aliphatic rings. The molecule has 0 aromatic heterocycles. The highest BCUT2D eigenvalue weighted by Gasteiger charge is 2.26. The van der Waals surface area contributed by atoms with Crippen molar-refractivity contribution in [2.45, 2.75) is 25.7 Å². The van der Waals surface area contributed by atoms with Crippen molar-refractivity contribution in [2.75, 3.05) is 13.1 Å². The maximum absolute atomic E-state index is 12.2. The summed E-state index contributed by atoms with van der Waals surface area (Å²) in [6.07, 6.45) is 2.59. The van der Waals surface area contributed by atoms with Crippen molar-refractivity contribution >= 4 is 35.0 Å². The van der Waals surface area contributed by atoms with Gasteiger partial charge in [0.25, 0.3) is 0 Å². The highest BCUT2D eigenvalue weighted by atomic mass is 35.5. The van der Waals surface area contributed by atoms with Crippen LogP contribution < -0.4 is 5.73 Å². The Morgan fingerprint density at radius 2 is 2.05 bits per heavy atom. The first-order valence-corrected chi connectivity index (χ1v) is 7.74. The van der Waals surface area contributed by atoms with Gasteiger partial charge < -0.3 is 10.6 Å². The van der Waals surface area contributed by atoms with E-state index < -0.39 is 0 Å². The minimum atomic E-state index is -0.322. The van der Waals surface area contributed by atoms with E-state index in [1.165, 1.54) is 0 Å². The van der Waals surface area contributed by atoms with Gasteiger partial charge in [0.15, 0.2) is 0 Å². The molecule has 2 rings (SSSR count). The van der Waals surface area contributed by atoms with E-state index in [4.69, 9.17) is 28.9 Å². The fourth-order valence-corrected chi connectivity index (χ4v) is 2.86. The number of halogens is 2. The molecular weight excluding hydrogens is 311 g/mol. The summed E-state index contributed by atoms with van der Waals surface area (Å²) in [6.45, 7) is 1.14. The van der Waals surface area contributed by atoms with Crippen LogP contribution >= 0.6 is 23.2 Å². The van der Waals surface area contributed by atoms with Crippen LogP contribution in [0.25, 0.3) is 0 Å². The normalized spacial score (nSPS) is 18.6. The summed E-state index contributed by atoms with van der Waals surface area (Å²) in [4.78, 5) is 25.2. The first-order chi connectivity index (χ1) is 9.97. The van der Waals surface area contributed by atoms with Gasteiger partial charge in [0.05, 0.1) is 16.0 Å². The average Bonchev–Trinajstić information content (AvgIpc) is 2.48. The first kappa shape index (κ1) is 16.1. The third-order valence-electron chi connectivity index (χ3n) is 3.79. The predicted octanol–water partition coefficient (Wildman–Crippen LogP) is 2.65. The fourth-order valence-electron chi connectivity index (χ4n) is 2.54. The number of likely N-dealkylation sites (tertiary alicyclic amines) is 1. The monoisotopic (exact) mass is 328 g/mol. The van der Waals surface area contributed by atoms with Crippen LogP contribution in [0, 0.1) is 5.92 Å². The summed E-state index contributed by atoms with van der Waals surface area (Å²) >= 11 is 11.8. The summed E-state index contributed by atoms with van der Waals surface area (Å²) in [7, 11) is 0. The number of amides is 2. The molecule has 114 valence electrons. The molecule has 0 bridgehead atoms. The number of primary amides is 1. The molecule has 1 aliphatic heterocycles. The van der Waals surface area contributed by atoms with Crippen LogP contribution in [0.5, 0.6) is 0 Å². The van der Waals surface area contributed by atoms with E-state index in [1.807, 2.05) is 6.07 Å². The van der Waals surface area contributed by atoms with E-state index in [0.29, 0.717) is 36.0 Å². The number of nitrogens with two attached hydrogens (primary N) is 1. The van der Waals surface area contributed by atoms with Crippen molar-refractivity contribution in [2.24, 2.45) is 11.7 Å². The molecule has 0 saturated carbocycles. The van der Waals surface area contributed by atoms with Crippen LogP contribution in [-0.4, -0.2) is 29.8 Å². The first-order valence-electron chi connectivity index (χ1n) is 6.98. The number of piperidine rings is 1. The number of carbonyl (C=O) groups is 2. The second kappa shape index (κ2) is 7.14. The van der Waals surface area contributed by atoms with Crippen LogP contribution in [0.15, 0.2) is 18.2 Å². The van der Waals surface area contributed by atoms with Gasteiger partial charge in [-0.25, -0.2) is 0 Å². The Balaban J connectivity index is 1.89. The quantitative estimate of drug-likeness (QED) is 0.923. The molecule has 0 spiro atoms. The van der Waals surface area contributed by atoms with Gasteiger partial charge in [-0.3, -0.25) is 9.59 Å². The third-order valence-corrected chi connectivity index (χ3v) is 4.53. The van der Waals surface area contributed by atoms with E-state index in [1.54, 1.807) is 17.0 Å². The van der Waals surface area contributed by atoms with Crippen LogP contribution in [-0.2, 0) is 16.0 Å². The maximum Gasteiger partial charge on any atom is 0.222 e. The van der Waals surface area contributed by atoms with E-state index >= 15 is 0 Å². The van der Waals surface area contributed by atoms with E-state index in [2.05, 4.69) is 0 Å². The van der Waals surface area contributed by atoms with Gasteiger partial charge >= 0.3 is 0 Å². The van der Waals surface area contributed by atoms with Gasteiger partial charge in [-0.15, -0.1) is 0 Å². The Labute approximate surface area is 134 Å². The molecule has 1 aromatic rings. The van der Waals surface area contributed by atoms with E-state index in [-0.39, 0.29) is 17.7 Å². The lowest BCUT2D eigenvalue weighted by atomic mass is 9.97. The van der Waals surface area contributed by atoms with Gasteiger partial charge in [0.1, 0.15) is 0 Å². The molecule has 21 heavy (non-hydrogen) atoms. The smallest absolute Gasteiger partial charge is 0.222 e. The molecule has 1 fully saturated rings. The zero-order valence-electron chi connectivity index (χ0n) is 11.6. The lowest BCUT2D eigenvalue weighted by Crippen LogP contribution is -2.44. The molecule has 0 radical (unpaired) electrons. The summed E-state index contributed by atoms with van der Waals surface area (Å²) in [5.74, 6) is -0.489. The average molecular weight is 329 g/mol. The highest BCUT2D eigenvalue weighted by molar-refractivity contribution is 6.42. The van der Waals surface area contributed by atoms with Crippen molar-refractivity contribution in [1.82, 2.24) is 4.90 Å². The summed E-state index contributed by atoms with van der Waals surface area (Å²) in [5.41, 5.74) is 6.29. The molecule has 1 unspecified atom stereocenters. The van der Waals surface area contributed by atoms with Crippen LogP contribution in [0.1, 0.15) is 24.8 Å². The molecule has 2 amide bonds. The lowest BCUT2D eigenvalue weighted by Gasteiger charge is -2.31. The van der Waals surface area contributed by atoms with Gasteiger partial charge in [-0.05, 0) is 37.0 Å². The second-order valence-electron chi connectivity index (χ2n) is 5.33. The van der Waals surface area contributed by atoms with Gasteiger partial charge in [-0.1, -0.05) is 29.3 Å². The Bertz CT molecular complexity index is 548. The minimum Gasteiger partial charge on any atom is -0.369 e. The Hall–Kier alpha value is -1.26. The standard InChI is InChI=1S/C15H18Cl2N2O2/c16-12-5-3-10(8-13(12)17)4-6-14(20)19-7-1-2-11(9-19)15(18)21/h3,5,8,11H,1-2,4,6-7,9H2,(H2,18,21). The summed E-state index contributed by atoms with van der Waals surface area (Å²) < 4.78 is 0. The number of hydrogen-bond donors (Lipinski definition) is 1. The molecular formula is C15H18Cl2N2O2. The molecule has 0 aliphatic carbocycles. The van der Waals surface area contributed by atoms with Gasteiger partial charge in [-0.2, -0.15) is 0 Å². The van der Waals surface area contributed by atoms with Crippen molar-refractivity contribution < 1.29 is 9.59 Å². The molecule has 1 aromatic carbocycles. The molecule has 4 nitrogen and oxygen atoms in total.